The van der Waals surface area contributed by atoms with Gasteiger partial charge in [-0.3, -0.25) is 14.3 Å². The van der Waals surface area contributed by atoms with Crippen molar-refractivity contribution in [3.05, 3.63) is 53.3 Å². The van der Waals surface area contributed by atoms with Gasteiger partial charge in [0.2, 0.25) is 5.91 Å². The van der Waals surface area contributed by atoms with Crippen LogP contribution in [0.5, 0.6) is 0 Å². The largest absolute Gasteiger partial charge is 0.337 e. The fraction of sp³-hybridized carbons (Fsp3) is 0.480. The zero-order valence-electron chi connectivity index (χ0n) is 19.6. The summed E-state index contributed by atoms with van der Waals surface area (Å²) in [7, 11) is 0. The SMILES string of the molecule is C=CC(=O)N1CC2(CCN(C(=O)c3nn4c(c3-c3ccccc3Cl)CC(F)(F)CC4)[C@@H](C)C2(F)F)C1. The maximum atomic E-state index is 15.7. The normalized spacial score (nSPS) is 23.7. The second-order valence-corrected chi connectivity index (χ2v) is 10.3. The average Bonchev–Trinajstić information content (AvgIpc) is 3.16. The highest BCUT2D eigenvalue weighted by Gasteiger charge is 2.67. The molecule has 0 unspecified atom stereocenters. The molecule has 1 atom stereocenters. The van der Waals surface area contributed by atoms with Gasteiger partial charge in [-0.25, -0.2) is 17.6 Å². The molecule has 0 saturated carbocycles. The molecule has 2 saturated heterocycles. The predicted molar refractivity (Wildman–Crippen MR) is 125 cm³/mol. The van der Waals surface area contributed by atoms with Crippen LogP contribution >= 0.6 is 11.6 Å². The number of likely N-dealkylation sites (tertiary alicyclic amines) is 2. The van der Waals surface area contributed by atoms with E-state index < -0.39 is 48.0 Å². The third-order valence-electron chi connectivity index (χ3n) is 7.78. The Morgan fingerprint density at radius 3 is 2.50 bits per heavy atom. The van der Waals surface area contributed by atoms with E-state index in [4.69, 9.17) is 11.6 Å². The Bertz CT molecular complexity index is 1250. The van der Waals surface area contributed by atoms with Crippen LogP contribution in [0.1, 0.15) is 35.9 Å². The lowest BCUT2D eigenvalue weighted by atomic mass is 9.66. The Hall–Kier alpha value is -2.88. The van der Waals surface area contributed by atoms with Crippen molar-refractivity contribution in [2.45, 2.75) is 50.6 Å². The van der Waals surface area contributed by atoms with Crippen molar-refractivity contribution in [3.63, 3.8) is 0 Å². The van der Waals surface area contributed by atoms with Crippen LogP contribution in [0.25, 0.3) is 11.1 Å². The fourth-order valence-corrected chi connectivity index (χ4v) is 5.88. The summed E-state index contributed by atoms with van der Waals surface area (Å²) in [5, 5.41) is 4.58. The minimum absolute atomic E-state index is 0.00985. The number of alkyl halides is 4. The topological polar surface area (TPSA) is 58.4 Å². The van der Waals surface area contributed by atoms with E-state index in [2.05, 4.69) is 11.7 Å². The van der Waals surface area contributed by atoms with Crippen LogP contribution in [0.3, 0.4) is 0 Å². The number of nitrogens with zero attached hydrogens (tertiary/aromatic N) is 4. The molecule has 192 valence electrons. The fourth-order valence-electron chi connectivity index (χ4n) is 5.65. The summed E-state index contributed by atoms with van der Waals surface area (Å²) in [6.07, 6.45) is 0.0190. The molecule has 2 fully saturated rings. The maximum Gasteiger partial charge on any atom is 0.276 e. The first kappa shape index (κ1) is 24.8. The van der Waals surface area contributed by atoms with E-state index in [1.54, 1.807) is 24.3 Å². The molecule has 5 rings (SSSR count). The molecule has 0 bridgehead atoms. The number of benzene rings is 1. The molecule has 1 aromatic carbocycles. The quantitative estimate of drug-likeness (QED) is 0.433. The number of carbonyl (C=O) groups excluding carboxylic acids is 2. The monoisotopic (exact) mass is 524 g/mol. The van der Waals surface area contributed by atoms with Crippen LogP contribution in [-0.2, 0) is 17.8 Å². The number of amides is 2. The lowest BCUT2D eigenvalue weighted by Crippen LogP contribution is -2.73. The number of carbonyl (C=O) groups is 2. The first-order chi connectivity index (χ1) is 16.9. The number of piperidine rings is 1. The van der Waals surface area contributed by atoms with E-state index in [1.165, 1.54) is 16.5 Å². The summed E-state index contributed by atoms with van der Waals surface area (Å²) >= 11 is 6.37. The summed E-state index contributed by atoms with van der Waals surface area (Å²) in [4.78, 5) is 27.9. The van der Waals surface area contributed by atoms with Gasteiger partial charge in [0.05, 0.1) is 23.6 Å². The highest BCUT2D eigenvalue weighted by Crippen LogP contribution is 2.53. The van der Waals surface area contributed by atoms with E-state index >= 15 is 8.78 Å². The Kier molecular flexibility index (Phi) is 5.74. The summed E-state index contributed by atoms with van der Waals surface area (Å²) in [5.41, 5.74) is -0.915. The van der Waals surface area contributed by atoms with Gasteiger partial charge in [-0.15, -0.1) is 0 Å². The van der Waals surface area contributed by atoms with Gasteiger partial charge in [-0.05, 0) is 25.5 Å². The van der Waals surface area contributed by atoms with Gasteiger partial charge < -0.3 is 9.80 Å². The predicted octanol–water partition coefficient (Wildman–Crippen LogP) is 4.67. The molecule has 0 radical (unpaired) electrons. The molecule has 36 heavy (non-hydrogen) atoms. The molecular weight excluding hydrogens is 500 g/mol. The Balaban J connectivity index is 1.51. The van der Waals surface area contributed by atoms with Crippen molar-refractivity contribution in [2.24, 2.45) is 5.41 Å². The maximum absolute atomic E-state index is 15.7. The highest BCUT2D eigenvalue weighted by molar-refractivity contribution is 6.33. The number of rotatable bonds is 3. The van der Waals surface area contributed by atoms with Gasteiger partial charge in [0.15, 0.2) is 5.69 Å². The first-order valence-corrected chi connectivity index (χ1v) is 12.1. The molecule has 1 aromatic heterocycles. The van der Waals surface area contributed by atoms with Crippen LogP contribution in [-0.4, -0.2) is 68.9 Å². The van der Waals surface area contributed by atoms with E-state index in [9.17, 15) is 18.4 Å². The molecule has 0 N–H and O–H groups in total. The van der Waals surface area contributed by atoms with Crippen LogP contribution in [0.15, 0.2) is 36.9 Å². The van der Waals surface area contributed by atoms with Gasteiger partial charge >= 0.3 is 0 Å². The summed E-state index contributed by atoms with van der Waals surface area (Å²) in [6, 6.07) is 5.02. The van der Waals surface area contributed by atoms with Crippen LogP contribution < -0.4 is 0 Å². The van der Waals surface area contributed by atoms with E-state index in [-0.39, 0.29) is 54.6 Å². The average molecular weight is 525 g/mol. The molecule has 6 nitrogen and oxygen atoms in total. The third kappa shape index (κ3) is 3.64. The van der Waals surface area contributed by atoms with Crippen molar-refractivity contribution in [2.75, 3.05) is 19.6 Å². The molecule has 3 aliphatic heterocycles. The summed E-state index contributed by atoms with van der Waals surface area (Å²) in [6.45, 7) is 4.36. The molecule has 0 aliphatic carbocycles. The molecule has 11 heteroatoms. The minimum Gasteiger partial charge on any atom is -0.337 e. The molecule has 2 aromatic rings. The number of halogens is 5. The van der Waals surface area contributed by atoms with E-state index in [0.29, 0.717) is 5.56 Å². The number of aryl methyl sites for hydroxylation is 1. The van der Waals surface area contributed by atoms with Gasteiger partial charge in [0.25, 0.3) is 17.8 Å². The lowest BCUT2D eigenvalue weighted by molar-refractivity contribution is -0.237. The van der Waals surface area contributed by atoms with Gasteiger partial charge in [-0.2, -0.15) is 5.10 Å². The molecule has 4 heterocycles. The van der Waals surface area contributed by atoms with Crippen LogP contribution in [0.2, 0.25) is 5.02 Å². The van der Waals surface area contributed by atoms with E-state index in [1.807, 2.05) is 0 Å². The Morgan fingerprint density at radius 1 is 1.14 bits per heavy atom. The molecule has 1 spiro atoms. The zero-order valence-corrected chi connectivity index (χ0v) is 20.4. The summed E-state index contributed by atoms with van der Waals surface area (Å²) in [5.74, 6) is -7.43. The number of fused-ring (bicyclic) bond motifs is 1. The lowest BCUT2D eigenvalue weighted by Gasteiger charge is -2.59. The van der Waals surface area contributed by atoms with Gasteiger partial charge in [0.1, 0.15) is 0 Å². The van der Waals surface area contributed by atoms with Gasteiger partial charge in [0, 0.05) is 48.7 Å². The summed E-state index contributed by atoms with van der Waals surface area (Å²) < 4.78 is 61.4. The number of aromatic nitrogens is 2. The standard InChI is InChI=1S/C25H25ClF4N4O2/c1-3-19(35)32-13-23(14-32)8-10-33(15(2)25(23,29)30)22(36)21-20(16-6-4-5-7-17(16)26)18-12-24(27,28)9-11-34(18)31-21/h3-7,15H,1,8-14H2,2H3/t15-/m0/s1. The first-order valence-electron chi connectivity index (χ1n) is 11.7. The van der Waals surface area contributed by atoms with Crippen LogP contribution in [0, 0.1) is 5.41 Å². The van der Waals surface area contributed by atoms with Crippen molar-refractivity contribution in [1.29, 1.82) is 0 Å². The van der Waals surface area contributed by atoms with Crippen molar-refractivity contribution >= 4 is 23.4 Å². The number of hydrogen-bond acceptors (Lipinski definition) is 3. The second-order valence-electron chi connectivity index (χ2n) is 9.88. The van der Waals surface area contributed by atoms with Crippen molar-refractivity contribution in [1.82, 2.24) is 19.6 Å². The second kappa shape index (κ2) is 8.33. The minimum atomic E-state index is -3.28. The van der Waals surface area contributed by atoms with Crippen LogP contribution in [0.4, 0.5) is 17.6 Å². The van der Waals surface area contributed by atoms with Gasteiger partial charge in [-0.1, -0.05) is 36.4 Å². The number of hydrogen-bond donors (Lipinski definition) is 0. The molecule has 2 amide bonds. The zero-order chi connectivity index (χ0) is 26.0. The molecular formula is C25H25ClF4N4O2. The highest BCUT2D eigenvalue weighted by atomic mass is 35.5. The van der Waals surface area contributed by atoms with E-state index in [0.717, 1.165) is 11.0 Å². The Morgan fingerprint density at radius 2 is 1.83 bits per heavy atom. The van der Waals surface area contributed by atoms with Crippen molar-refractivity contribution in [3.8, 4) is 11.1 Å². The third-order valence-corrected chi connectivity index (χ3v) is 8.11. The molecule has 3 aliphatic rings. The smallest absolute Gasteiger partial charge is 0.276 e. The Labute approximate surface area is 210 Å². The van der Waals surface area contributed by atoms with Crippen molar-refractivity contribution < 1.29 is 27.2 Å².